The van der Waals surface area contributed by atoms with Crippen LogP contribution in [-0.2, 0) is 36.7 Å². The maximum Gasteiger partial charge on any atom is 0.408 e. The van der Waals surface area contributed by atoms with E-state index in [1.807, 2.05) is 91.9 Å². The van der Waals surface area contributed by atoms with Crippen molar-refractivity contribution in [1.29, 1.82) is 0 Å². The number of benzene rings is 3. The Bertz CT molecular complexity index is 1560. The Morgan fingerprint density at radius 3 is 1.78 bits per heavy atom. The fourth-order valence-corrected chi connectivity index (χ4v) is 5.76. The zero-order chi connectivity index (χ0) is 37.6. The van der Waals surface area contributed by atoms with Crippen LogP contribution in [0.2, 0.25) is 0 Å². The van der Waals surface area contributed by atoms with Gasteiger partial charge in [0.15, 0.2) is 0 Å². The van der Waals surface area contributed by atoms with Crippen molar-refractivity contribution in [3.63, 3.8) is 0 Å². The van der Waals surface area contributed by atoms with Gasteiger partial charge in [0.1, 0.15) is 29.3 Å². The van der Waals surface area contributed by atoms with E-state index in [0.717, 1.165) is 36.0 Å². The number of carbonyl (C=O) groups excluding carboxylic acids is 4. The van der Waals surface area contributed by atoms with Crippen LogP contribution < -0.4 is 10.6 Å². The summed E-state index contributed by atoms with van der Waals surface area (Å²) in [6.07, 6.45) is 3.09. The zero-order valence-electron chi connectivity index (χ0n) is 31.7. The number of nitrogens with one attached hydrogen (secondary N) is 2. The highest BCUT2D eigenvalue weighted by Gasteiger charge is 2.38. The van der Waals surface area contributed by atoms with Crippen LogP contribution in [-0.4, -0.2) is 58.6 Å². The van der Waals surface area contributed by atoms with Crippen LogP contribution in [0.15, 0.2) is 84.9 Å². The Hall–Kier alpha value is -4.66. The van der Waals surface area contributed by atoms with Crippen molar-refractivity contribution in [1.82, 2.24) is 15.5 Å². The molecule has 51 heavy (non-hydrogen) atoms. The second kappa shape index (κ2) is 19.1. The SMILES string of the molecule is CCCCCCN(C(=O)C(Cc1ccccc1)NC(=O)OC(C)(C)C)C(C(=O)NC(Cc1ccccc1)C(=O)OC(C)(C)C)c1cccc(C)c1. The van der Waals surface area contributed by atoms with Crippen molar-refractivity contribution >= 4 is 23.9 Å². The highest BCUT2D eigenvalue weighted by atomic mass is 16.6. The molecule has 0 bridgehead atoms. The highest BCUT2D eigenvalue weighted by molar-refractivity contribution is 5.94. The van der Waals surface area contributed by atoms with Crippen LogP contribution >= 0.6 is 0 Å². The van der Waals surface area contributed by atoms with E-state index in [-0.39, 0.29) is 19.4 Å². The minimum absolute atomic E-state index is 0.182. The number of alkyl carbamates (subject to hydrolysis) is 1. The molecule has 3 aromatic rings. The van der Waals surface area contributed by atoms with Gasteiger partial charge in [-0.3, -0.25) is 9.59 Å². The summed E-state index contributed by atoms with van der Waals surface area (Å²) < 4.78 is 11.4. The fourth-order valence-electron chi connectivity index (χ4n) is 5.76. The van der Waals surface area contributed by atoms with Crippen molar-refractivity contribution in [2.75, 3.05) is 6.54 Å². The van der Waals surface area contributed by atoms with Gasteiger partial charge in [0, 0.05) is 19.4 Å². The molecule has 3 aromatic carbocycles. The lowest BCUT2D eigenvalue weighted by Gasteiger charge is -2.35. The van der Waals surface area contributed by atoms with Crippen molar-refractivity contribution < 1.29 is 28.7 Å². The van der Waals surface area contributed by atoms with Crippen LogP contribution in [0.5, 0.6) is 0 Å². The standard InChI is InChI=1S/C42H57N3O6/c1-9-10-11-18-26-45(38(47)34(28-31-21-14-12-15-22-31)44-40(49)51-42(6,7)8)36(33-25-19-20-30(2)27-33)37(46)43-35(39(48)50-41(3,4)5)29-32-23-16-13-17-24-32/h12-17,19-25,27,34-36H,9-11,18,26,28-29H2,1-8H3,(H,43,46)(H,44,49). The number of unbranched alkanes of at least 4 members (excludes halogenated alkanes) is 3. The number of nitrogens with zero attached hydrogens (tertiary/aromatic N) is 1. The molecule has 3 unspecified atom stereocenters. The summed E-state index contributed by atoms with van der Waals surface area (Å²) in [5.41, 5.74) is 1.61. The summed E-state index contributed by atoms with van der Waals surface area (Å²) in [5.74, 6) is -1.52. The van der Waals surface area contributed by atoms with Crippen molar-refractivity contribution in [2.45, 2.75) is 123 Å². The van der Waals surface area contributed by atoms with Crippen LogP contribution in [0.25, 0.3) is 0 Å². The molecule has 0 aliphatic heterocycles. The first-order chi connectivity index (χ1) is 24.1. The van der Waals surface area contributed by atoms with E-state index >= 15 is 0 Å². The third kappa shape index (κ3) is 14.2. The summed E-state index contributed by atoms with van der Waals surface area (Å²) in [4.78, 5) is 58.0. The molecule has 276 valence electrons. The Kier molecular flexibility index (Phi) is 15.3. The molecule has 0 spiro atoms. The van der Waals surface area contributed by atoms with Gasteiger partial charge in [0.25, 0.3) is 0 Å². The molecular formula is C42H57N3O6. The zero-order valence-corrected chi connectivity index (χ0v) is 31.7. The molecule has 0 fully saturated rings. The number of carbonyl (C=O) groups is 4. The van der Waals surface area contributed by atoms with E-state index in [9.17, 15) is 19.2 Å². The lowest BCUT2D eigenvalue weighted by molar-refractivity contribution is -0.159. The van der Waals surface area contributed by atoms with Crippen molar-refractivity contribution in [3.05, 3.63) is 107 Å². The summed E-state index contributed by atoms with van der Waals surface area (Å²) in [6.45, 7) is 14.9. The maximum atomic E-state index is 14.9. The Morgan fingerprint density at radius 2 is 1.25 bits per heavy atom. The fraction of sp³-hybridized carbons (Fsp3) is 0.476. The van der Waals surface area contributed by atoms with Crippen LogP contribution in [0.1, 0.15) is 102 Å². The quantitative estimate of drug-likeness (QED) is 0.117. The third-order valence-corrected chi connectivity index (χ3v) is 8.02. The van der Waals surface area contributed by atoms with Gasteiger partial charge in [-0.2, -0.15) is 0 Å². The van der Waals surface area contributed by atoms with Gasteiger partial charge >= 0.3 is 12.1 Å². The first kappa shape index (κ1) is 40.8. The predicted molar refractivity (Wildman–Crippen MR) is 201 cm³/mol. The lowest BCUT2D eigenvalue weighted by atomic mass is 9.97. The second-order valence-electron chi connectivity index (χ2n) is 15.1. The minimum atomic E-state index is -1.11. The molecule has 0 aliphatic carbocycles. The van der Waals surface area contributed by atoms with Gasteiger partial charge in [0.2, 0.25) is 11.8 Å². The number of hydrogen-bond donors (Lipinski definition) is 2. The van der Waals surface area contributed by atoms with Gasteiger partial charge in [-0.25, -0.2) is 9.59 Å². The van der Waals surface area contributed by atoms with Crippen LogP contribution in [0, 0.1) is 6.92 Å². The number of rotatable bonds is 16. The summed E-state index contributed by atoms with van der Waals surface area (Å²) in [7, 11) is 0. The maximum absolute atomic E-state index is 14.9. The van der Waals surface area contributed by atoms with Gasteiger partial charge in [-0.05, 0) is 71.6 Å². The lowest BCUT2D eigenvalue weighted by Crippen LogP contribution is -2.55. The molecule has 0 radical (unpaired) electrons. The molecule has 9 nitrogen and oxygen atoms in total. The Balaban J connectivity index is 2.11. The largest absolute Gasteiger partial charge is 0.458 e. The molecule has 0 heterocycles. The molecule has 0 aromatic heterocycles. The van der Waals surface area contributed by atoms with Crippen molar-refractivity contribution in [2.24, 2.45) is 0 Å². The summed E-state index contributed by atoms with van der Waals surface area (Å²) in [6, 6.07) is 23.1. The average molecular weight is 700 g/mol. The first-order valence-corrected chi connectivity index (χ1v) is 18.0. The molecular weight excluding hydrogens is 642 g/mol. The van der Waals surface area contributed by atoms with Gasteiger partial charge in [-0.1, -0.05) is 117 Å². The van der Waals surface area contributed by atoms with E-state index in [1.54, 1.807) is 46.4 Å². The number of ether oxygens (including phenoxy) is 2. The smallest absolute Gasteiger partial charge is 0.408 e. The molecule has 3 rings (SSSR count). The summed E-state index contributed by atoms with van der Waals surface area (Å²) in [5, 5.41) is 5.80. The molecule has 0 saturated carbocycles. The van der Waals surface area contributed by atoms with E-state index in [1.165, 1.54) is 0 Å². The number of esters is 1. The predicted octanol–water partition coefficient (Wildman–Crippen LogP) is 7.65. The molecule has 2 N–H and O–H groups in total. The third-order valence-electron chi connectivity index (χ3n) is 8.02. The van der Waals surface area contributed by atoms with E-state index in [2.05, 4.69) is 17.6 Å². The average Bonchev–Trinajstić information content (AvgIpc) is 3.04. The molecule has 3 amide bonds. The highest BCUT2D eigenvalue weighted by Crippen LogP contribution is 2.26. The summed E-state index contributed by atoms with van der Waals surface area (Å²) >= 11 is 0. The van der Waals surface area contributed by atoms with Gasteiger partial charge in [-0.15, -0.1) is 0 Å². The topological polar surface area (TPSA) is 114 Å². The first-order valence-electron chi connectivity index (χ1n) is 18.0. The molecule has 0 aliphatic rings. The molecule has 3 atom stereocenters. The van der Waals surface area contributed by atoms with Crippen molar-refractivity contribution in [3.8, 4) is 0 Å². The second-order valence-corrected chi connectivity index (χ2v) is 15.1. The minimum Gasteiger partial charge on any atom is -0.458 e. The van der Waals surface area contributed by atoms with E-state index in [4.69, 9.17) is 9.47 Å². The van der Waals surface area contributed by atoms with Crippen LogP contribution in [0.3, 0.4) is 0 Å². The van der Waals surface area contributed by atoms with Crippen LogP contribution in [0.4, 0.5) is 4.79 Å². The normalized spacial score (nSPS) is 13.3. The molecule has 9 heteroatoms. The Morgan fingerprint density at radius 1 is 0.686 bits per heavy atom. The van der Waals surface area contributed by atoms with E-state index < -0.39 is 53.2 Å². The number of amides is 3. The Labute approximate surface area is 304 Å². The number of hydrogen-bond acceptors (Lipinski definition) is 6. The monoisotopic (exact) mass is 699 g/mol. The van der Waals surface area contributed by atoms with Gasteiger partial charge in [0.05, 0.1) is 0 Å². The number of aryl methyl sites for hydroxylation is 1. The van der Waals surface area contributed by atoms with Gasteiger partial charge < -0.3 is 25.0 Å². The van der Waals surface area contributed by atoms with E-state index in [0.29, 0.717) is 12.0 Å². The molecule has 0 saturated heterocycles.